The smallest absolute Gasteiger partial charge is 0.151 e. The lowest BCUT2D eigenvalue weighted by Crippen LogP contribution is -2.31. The summed E-state index contributed by atoms with van der Waals surface area (Å²) in [6.07, 6.45) is 1.56. The second kappa shape index (κ2) is 5.53. The number of nitriles is 1. The summed E-state index contributed by atoms with van der Waals surface area (Å²) in [4.78, 5) is 0. The molecule has 0 bridgehead atoms. The largest absolute Gasteiger partial charge is 0.364 e. The van der Waals surface area contributed by atoms with Gasteiger partial charge in [0, 0.05) is 15.2 Å². The lowest BCUT2D eigenvalue weighted by molar-refractivity contribution is 0.621. The van der Waals surface area contributed by atoms with Gasteiger partial charge in [-0.3, -0.25) is 0 Å². The summed E-state index contributed by atoms with van der Waals surface area (Å²) in [6, 6.07) is 13.7. The van der Waals surface area contributed by atoms with Gasteiger partial charge in [0.2, 0.25) is 0 Å². The highest BCUT2D eigenvalue weighted by atomic mass is 79.9. The van der Waals surface area contributed by atoms with E-state index in [0.717, 1.165) is 34.1 Å². The van der Waals surface area contributed by atoms with Crippen LogP contribution in [0.3, 0.4) is 0 Å². The van der Waals surface area contributed by atoms with Gasteiger partial charge in [-0.05, 0) is 70.2 Å². The quantitative estimate of drug-likeness (QED) is 0.741. The fourth-order valence-corrected chi connectivity index (χ4v) is 3.43. The number of nitrogens with zero attached hydrogens (tertiary/aromatic N) is 1. The average molecular weight is 382 g/mol. The maximum atomic E-state index is 9.73. The SMILES string of the molecule is N#CC1(Nc2ccc(Cl)c(Br)c2)CCc2cc(Cl)ccc21. The van der Waals surface area contributed by atoms with Crippen LogP contribution in [-0.4, -0.2) is 0 Å². The lowest BCUT2D eigenvalue weighted by Gasteiger charge is -2.25. The van der Waals surface area contributed by atoms with Crippen LogP contribution in [0.25, 0.3) is 0 Å². The Morgan fingerprint density at radius 2 is 2.00 bits per heavy atom. The van der Waals surface area contributed by atoms with Gasteiger partial charge in [-0.15, -0.1) is 0 Å². The molecule has 1 N–H and O–H groups in total. The number of benzene rings is 2. The number of hydrogen-bond donors (Lipinski definition) is 1. The molecule has 3 rings (SSSR count). The number of halogens is 3. The molecule has 0 heterocycles. The highest BCUT2D eigenvalue weighted by Crippen LogP contribution is 2.41. The van der Waals surface area contributed by atoms with Crippen LogP contribution in [-0.2, 0) is 12.0 Å². The van der Waals surface area contributed by atoms with Gasteiger partial charge in [0.1, 0.15) is 0 Å². The van der Waals surface area contributed by atoms with Gasteiger partial charge < -0.3 is 5.32 Å². The molecule has 2 aromatic rings. The molecule has 0 aromatic heterocycles. The van der Waals surface area contributed by atoms with E-state index in [1.54, 1.807) is 6.07 Å². The van der Waals surface area contributed by atoms with E-state index in [9.17, 15) is 5.26 Å². The van der Waals surface area contributed by atoms with Crippen molar-refractivity contribution in [2.45, 2.75) is 18.4 Å². The van der Waals surface area contributed by atoms with Gasteiger partial charge in [-0.25, -0.2) is 0 Å². The molecule has 1 aliphatic carbocycles. The van der Waals surface area contributed by atoms with Crippen molar-refractivity contribution >= 4 is 44.8 Å². The van der Waals surface area contributed by atoms with Crippen LogP contribution in [0.15, 0.2) is 40.9 Å². The second-order valence-electron chi connectivity index (χ2n) is 5.07. The van der Waals surface area contributed by atoms with Gasteiger partial charge in [0.05, 0.1) is 11.1 Å². The van der Waals surface area contributed by atoms with Crippen molar-refractivity contribution in [2.75, 3.05) is 5.32 Å². The Bertz CT molecular complexity index is 754. The first-order valence-corrected chi connectivity index (χ1v) is 8.02. The summed E-state index contributed by atoms with van der Waals surface area (Å²) in [5.41, 5.74) is 2.27. The third-order valence-corrected chi connectivity index (χ3v) is 5.21. The van der Waals surface area contributed by atoms with E-state index < -0.39 is 5.54 Å². The van der Waals surface area contributed by atoms with E-state index >= 15 is 0 Å². The zero-order chi connectivity index (χ0) is 15.0. The molecule has 0 radical (unpaired) electrons. The van der Waals surface area contributed by atoms with Crippen LogP contribution in [0, 0.1) is 11.3 Å². The normalized spacial score (nSPS) is 19.9. The number of fused-ring (bicyclic) bond motifs is 1. The minimum absolute atomic E-state index is 0.644. The van der Waals surface area contributed by atoms with Crippen LogP contribution in [0.4, 0.5) is 5.69 Å². The molecule has 2 aromatic carbocycles. The molecule has 0 spiro atoms. The van der Waals surface area contributed by atoms with Crippen molar-refractivity contribution in [3.05, 3.63) is 62.0 Å². The summed E-state index contributed by atoms with van der Waals surface area (Å²) in [7, 11) is 0. The standard InChI is InChI=1S/C16H11BrCl2N2/c17-14-8-12(2-4-15(14)19)21-16(9-20)6-5-10-7-11(18)1-3-13(10)16/h1-4,7-8,21H,5-6H2. The maximum Gasteiger partial charge on any atom is 0.151 e. The van der Waals surface area contributed by atoms with E-state index in [0.29, 0.717) is 10.0 Å². The Labute approximate surface area is 141 Å². The van der Waals surface area contributed by atoms with Crippen molar-refractivity contribution in [3.63, 3.8) is 0 Å². The predicted octanol–water partition coefficient (Wildman–Crippen LogP) is 5.53. The summed E-state index contributed by atoms with van der Waals surface area (Å²) in [5, 5.41) is 14.4. The van der Waals surface area contributed by atoms with Crippen molar-refractivity contribution in [2.24, 2.45) is 0 Å². The molecule has 0 saturated heterocycles. The van der Waals surface area contributed by atoms with Crippen LogP contribution >= 0.6 is 39.1 Å². The first-order chi connectivity index (χ1) is 10.0. The highest BCUT2D eigenvalue weighted by molar-refractivity contribution is 9.10. The molecule has 0 fully saturated rings. The van der Waals surface area contributed by atoms with Gasteiger partial charge >= 0.3 is 0 Å². The van der Waals surface area contributed by atoms with Crippen molar-refractivity contribution in [3.8, 4) is 6.07 Å². The highest BCUT2D eigenvalue weighted by Gasteiger charge is 2.39. The predicted molar refractivity (Wildman–Crippen MR) is 89.8 cm³/mol. The molecule has 106 valence electrons. The molecular formula is C16H11BrCl2N2. The molecule has 1 atom stereocenters. The lowest BCUT2D eigenvalue weighted by atomic mass is 9.93. The molecule has 0 saturated carbocycles. The molecule has 1 unspecified atom stereocenters. The number of hydrogen-bond acceptors (Lipinski definition) is 2. The molecule has 0 amide bonds. The third kappa shape index (κ3) is 2.64. The Kier molecular flexibility index (Phi) is 3.88. The zero-order valence-electron chi connectivity index (χ0n) is 11.0. The molecule has 1 aliphatic rings. The number of aryl methyl sites for hydroxylation is 1. The Morgan fingerprint density at radius 3 is 2.71 bits per heavy atom. The van der Waals surface area contributed by atoms with Crippen molar-refractivity contribution in [1.29, 1.82) is 5.26 Å². The Morgan fingerprint density at radius 1 is 1.19 bits per heavy atom. The summed E-state index contributed by atoms with van der Waals surface area (Å²) < 4.78 is 0.802. The van der Waals surface area contributed by atoms with E-state index in [1.807, 2.05) is 30.3 Å². The first-order valence-electron chi connectivity index (χ1n) is 6.47. The second-order valence-corrected chi connectivity index (χ2v) is 6.77. The van der Waals surface area contributed by atoms with E-state index in [-0.39, 0.29) is 0 Å². The topological polar surface area (TPSA) is 35.8 Å². The van der Waals surface area contributed by atoms with E-state index in [4.69, 9.17) is 23.2 Å². The fraction of sp³-hybridized carbons (Fsp3) is 0.188. The number of anilines is 1. The Balaban J connectivity index is 2.00. The molecule has 0 aliphatic heterocycles. The minimum Gasteiger partial charge on any atom is -0.364 e. The van der Waals surface area contributed by atoms with Crippen molar-refractivity contribution in [1.82, 2.24) is 0 Å². The maximum absolute atomic E-state index is 9.73. The average Bonchev–Trinajstić information content (AvgIpc) is 2.81. The van der Waals surface area contributed by atoms with Crippen LogP contribution < -0.4 is 5.32 Å². The number of rotatable bonds is 2. The van der Waals surface area contributed by atoms with Crippen molar-refractivity contribution < 1.29 is 0 Å². The van der Waals surface area contributed by atoms with Crippen LogP contribution in [0.2, 0.25) is 10.0 Å². The minimum atomic E-state index is -0.715. The summed E-state index contributed by atoms with van der Waals surface area (Å²) in [5.74, 6) is 0. The Hall–Kier alpha value is -1.21. The van der Waals surface area contributed by atoms with Gasteiger partial charge in [-0.2, -0.15) is 5.26 Å². The zero-order valence-corrected chi connectivity index (χ0v) is 14.1. The molecule has 2 nitrogen and oxygen atoms in total. The van der Waals surface area contributed by atoms with Crippen LogP contribution in [0.5, 0.6) is 0 Å². The summed E-state index contributed by atoms with van der Waals surface area (Å²) in [6.45, 7) is 0. The van der Waals surface area contributed by atoms with Crippen LogP contribution in [0.1, 0.15) is 17.5 Å². The molecule has 5 heteroatoms. The first kappa shape index (κ1) is 14.7. The molecular weight excluding hydrogens is 371 g/mol. The molecule has 21 heavy (non-hydrogen) atoms. The monoisotopic (exact) mass is 380 g/mol. The fourth-order valence-electron chi connectivity index (χ4n) is 2.74. The van der Waals surface area contributed by atoms with Gasteiger partial charge in [-0.1, -0.05) is 29.3 Å². The van der Waals surface area contributed by atoms with E-state index in [2.05, 4.69) is 27.3 Å². The third-order valence-electron chi connectivity index (χ3n) is 3.76. The number of nitrogens with one attached hydrogen (secondary N) is 1. The van der Waals surface area contributed by atoms with Gasteiger partial charge in [0.25, 0.3) is 0 Å². The summed E-state index contributed by atoms with van der Waals surface area (Å²) >= 11 is 15.4. The van der Waals surface area contributed by atoms with E-state index in [1.165, 1.54) is 0 Å². The van der Waals surface area contributed by atoms with Gasteiger partial charge in [0.15, 0.2) is 5.54 Å².